The van der Waals surface area contributed by atoms with Crippen molar-refractivity contribution in [2.75, 3.05) is 13.1 Å². The van der Waals surface area contributed by atoms with Gasteiger partial charge in [0.25, 0.3) is 0 Å². The van der Waals surface area contributed by atoms with Gasteiger partial charge in [-0.1, -0.05) is 25.7 Å². The fraction of sp³-hybridized carbons (Fsp3) is 1.00. The summed E-state index contributed by atoms with van der Waals surface area (Å²) < 4.78 is 0. The van der Waals surface area contributed by atoms with Crippen LogP contribution < -0.4 is 22.1 Å². The normalized spacial score (nSPS) is 37.7. The van der Waals surface area contributed by atoms with Crippen LogP contribution in [0.15, 0.2) is 0 Å². The van der Waals surface area contributed by atoms with Gasteiger partial charge < -0.3 is 22.1 Å². The second kappa shape index (κ2) is 7.43. The Morgan fingerprint density at radius 3 is 1.44 bits per heavy atom. The Hall–Kier alpha value is -0.160. The number of hydrogen-bond acceptors (Lipinski definition) is 4. The van der Waals surface area contributed by atoms with Crippen molar-refractivity contribution in [3.63, 3.8) is 0 Å². The summed E-state index contributed by atoms with van der Waals surface area (Å²) >= 11 is 0. The molecule has 0 aromatic rings. The zero-order chi connectivity index (χ0) is 12.8. The summed E-state index contributed by atoms with van der Waals surface area (Å²) in [6.07, 6.45) is 10.1. The van der Waals surface area contributed by atoms with Crippen LogP contribution in [0.4, 0.5) is 0 Å². The molecular formula is C14H30N4. The van der Waals surface area contributed by atoms with Crippen molar-refractivity contribution < 1.29 is 0 Å². The van der Waals surface area contributed by atoms with E-state index >= 15 is 0 Å². The molecule has 2 aliphatic carbocycles. The molecular weight excluding hydrogens is 224 g/mol. The first-order chi connectivity index (χ1) is 8.77. The highest BCUT2D eigenvalue weighted by Gasteiger charge is 2.22. The van der Waals surface area contributed by atoms with E-state index in [1.54, 1.807) is 0 Å². The summed E-state index contributed by atoms with van der Waals surface area (Å²) in [6.45, 7) is 2.03. The first-order valence-electron chi connectivity index (χ1n) is 7.75. The molecule has 0 aromatic heterocycles. The van der Waals surface area contributed by atoms with Crippen LogP contribution in [0.2, 0.25) is 0 Å². The summed E-state index contributed by atoms with van der Waals surface area (Å²) in [5.41, 5.74) is 12.2. The summed E-state index contributed by atoms with van der Waals surface area (Å²) in [4.78, 5) is 0. The van der Waals surface area contributed by atoms with E-state index in [0.29, 0.717) is 24.2 Å². The highest BCUT2D eigenvalue weighted by Crippen LogP contribution is 2.17. The summed E-state index contributed by atoms with van der Waals surface area (Å²) in [5, 5.41) is 7.19. The number of rotatable bonds is 5. The fourth-order valence-corrected chi connectivity index (χ4v) is 3.34. The standard InChI is InChI=1S/C14H30N4/c15-11-5-1-3-7-13(11)17-9-10-18-14-8-4-2-6-12(14)16/h11-14,17-18H,1-10,15-16H2/t11-,12-,13-,14-/m1/s1. The van der Waals surface area contributed by atoms with Crippen molar-refractivity contribution in [2.24, 2.45) is 11.5 Å². The smallest absolute Gasteiger partial charge is 0.0219 e. The zero-order valence-electron chi connectivity index (χ0n) is 11.5. The van der Waals surface area contributed by atoms with E-state index in [0.717, 1.165) is 13.1 Å². The predicted molar refractivity (Wildman–Crippen MR) is 76.5 cm³/mol. The molecule has 4 nitrogen and oxygen atoms in total. The monoisotopic (exact) mass is 254 g/mol. The van der Waals surface area contributed by atoms with Crippen molar-refractivity contribution in [3.8, 4) is 0 Å². The number of nitrogens with two attached hydrogens (primary N) is 2. The summed E-state index contributed by atoms with van der Waals surface area (Å²) in [5.74, 6) is 0. The van der Waals surface area contributed by atoms with Gasteiger partial charge in [-0.05, 0) is 25.7 Å². The highest BCUT2D eigenvalue weighted by atomic mass is 15.0. The molecule has 18 heavy (non-hydrogen) atoms. The Morgan fingerprint density at radius 2 is 1.06 bits per heavy atom. The molecule has 0 bridgehead atoms. The van der Waals surface area contributed by atoms with Crippen LogP contribution in [0.3, 0.4) is 0 Å². The lowest BCUT2D eigenvalue weighted by atomic mass is 9.90. The third-order valence-electron chi connectivity index (χ3n) is 4.58. The second-order valence-corrected chi connectivity index (χ2v) is 6.02. The van der Waals surface area contributed by atoms with Crippen molar-refractivity contribution in [3.05, 3.63) is 0 Å². The molecule has 0 heterocycles. The number of nitrogens with one attached hydrogen (secondary N) is 2. The van der Waals surface area contributed by atoms with Crippen molar-refractivity contribution >= 4 is 0 Å². The molecule has 106 valence electrons. The van der Waals surface area contributed by atoms with E-state index in [1.807, 2.05) is 0 Å². The maximum Gasteiger partial charge on any atom is 0.0219 e. The van der Waals surface area contributed by atoms with Gasteiger partial charge in [-0.3, -0.25) is 0 Å². The van der Waals surface area contributed by atoms with Crippen LogP contribution in [-0.2, 0) is 0 Å². The van der Waals surface area contributed by atoms with Crippen LogP contribution in [0.1, 0.15) is 51.4 Å². The molecule has 2 saturated carbocycles. The molecule has 4 atom stereocenters. The lowest BCUT2D eigenvalue weighted by molar-refractivity contribution is 0.306. The van der Waals surface area contributed by atoms with Crippen LogP contribution in [-0.4, -0.2) is 37.3 Å². The van der Waals surface area contributed by atoms with Gasteiger partial charge in [0.1, 0.15) is 0 Å². The van der Waals surface area contributed by atoms with E-state index in [1.165, 1.54) is 51.4 Å². The Balaban J connectivity index is 1.57. The quantitative estimate of drug-likeness (QED) is 0.545. The van der Waals surface area contributed by atoms with Crippen LogP contribution in [0.25, 0.3) is 0 Å². The van der Waals surface area contributed by atoms with E-state index in [9.17, 15) is 0 Å². The van der Waals surface area contributed by atoms with E-state index in [2.05, 4.69) is 10.6 Å². The van der Waals surface area contributed by atoms with E-state index in [-0.39, 0.29) is 0 Å². The van der Waals surface area contributed by atoms with Crippen molar-refractivity contribution in [1.82, 2.24) is 10.6 Å². The molecule has 0 aromatic carbocycles. The summed E-state index contributed by atoms with van der Waals surface area (Å²) in [6, 6.07) is 1.77. The molecule has 0 amide bonds. The minimum atomic E-state index is 0.357. The minimum Gasteiger partial charge on any atom is -0.326 e. The Bertz CT molecular complexity index is 210. The van der Waals surface area contributed by atoms with Crippen LogP contribution in [0, 0.1) is 0 Å². The van der Waals surface area contributed by atoms with Crippen LogP contribution >= 0.6 is 0 Å². The van der Waals surface area contributed by atoms with Crippen molar-refractivity contribution in [1.29, 1.82) is 0 Å². The lowest BCUT2D eigenvalue weighted by Crippen LogP contribution is -2.51. The number of hydrogen-bond donors (Lipinski definition) is 4. The van der Waals surface area contributed by atoms with Gasteiger partial charge >= 0.3 is 0 Å². The Kier molecular flexibility index (Phi) is 5.89. The molecule has 0 saturated heterocycles. The third-order valence-corrected chi connectivity index (χ3v) is 4.58. The first-order valence-corrected chi connectivity index (χ1v) is 7.75. The second-order valence-electron chi connectivity index (χ2n) is 6.02. The Labute approximate surface area is 111 Å². The van der Waals surface area contributed by atoms with Gasteiger partial charge in [-0.25, -0.2) is 0 Å². The average molecular weight is 254 g/mol. The molecule has 0 unspecified atom stereocenters. The van der Waals surface area contributed by atoms with Gasteiger partial charge in [0.15, 0.2) is 0 Å². The molecule has 4 heteroatoms. The van der Waals surface area contributed by atoms with Gasteiger partial charge in [0.05, 0.1) is 0 Å². The van der Waals surface area contributed by atoms with Crippen LogP contribution in [0.5, 0.6) is 0 Å². The topological polar surface area (TPSA) is 76.1 Å². The fourth-order valence-electron chi connectivity index (χ4n) is 3.34. The first kappa shape index (κ1) is 14.3. The largest absolute Gasteiger partial charge is 0.326 e. The maximum atomic E-state index is 6.12. The SMILES string of the molecule is N[C@@H]1CCCC[C@H]1NCCN[C@@H]1CCCC[C@H]1N. The van der Waals surface area contributed by atoms with Crippen molar-refractivity contribution in [2.45, 2.75) is 75.5 Å². The van der Waals surface area contributed by atoms with E-state index in [4.69, 9.17) is 11.5 Å². The molecule has 6 N–H and O–H groups in total. The van der Waals surface area contributed by atoms with E-state index < -0.39 is 0 Å². The van der Waals surface area contributed by atoms with Gasteiger partial charge in [0, 0.05) is 37.3 Å². The summed E-state index contributed by atoms with van der Waals surface area (Å²) in [7, 11) is 0. The Morgan fingerprint density at radius 1 is 0.667 bits per heavy atom. The molecule has 0 spiro atoms. The minimum absolute atomic E-state index is 0.357. The lowest BCUT2D eigenvalue weighted by Gasteiger charge is -2.31. The molecule has 2 aliphatic rings. The molecule has 2 fully saturated rings. The van der Waals surface area contributed by atoms with Gasteiger partial charge in [-0.15, -0.1) is 0 Å². The molecule has 2 rings (SSSR count). The highest BCUT2D eigenvalue weighted by molar-refractivity contribution is 4.86. The predicted octanol–water partition coefficient (Wildman–Crippen LogP) is 0.705. The molecule has 0 aliphatic heterocycles. The van der Waals surface area contributed by atoms with Gasteiger partial charge in [-0.2, -0.15) is 0 Å². The zero-order valence-corrected chi connectivity index (χ0v) is 11.5. The van der Waals surface area contributed by atoms with Gasteiger partial charge in [0.2, 0.25) is 0 Å². The average Bonchev–Trinajstić information content (AvgIpc) is 2.38. The maximum absolute atomic E-state index is 6.12. The molecule has 0 radical (unpaired) electrons. The third kappa shape index (κ3) is 4.19.